The smallest absolute Gasteiger partial charge is 0.264 e. The first-order valence-electron chi connectivity index (χ1n) is 6.34. The molecule has 112 valence electrons. The van der Waals surface area contributed by atoms with Crippen LogP contribution in [0.15, 0.2) is 0 Å². The van der Waals surface area contributed by atoms with Crippen molar-refractivity contribution in [2.24, 2.45) is 23.7 Å². The molecular formula is C11H20O6S2. The Kier molecular flexibility index (Phi) is 4.25. The summed E-state index contributed by atoms with van der Waals surface area (Å²) >= 11 is 0. The largest absolute Gasteiger partial charge is 0.270 e. The van der Waals surface area contributed by atoms with Gasteiger partial charge in [-0.3, -0.25) is 8.37 Å². The maximum Gasteiger partial charge on any atom is 0.264 e. The Bertz CT molecular complexity index is 475. The summed E-state index contributed by atoms with van der Waals surface area (Å²) in [7, 11) is -6.91. The molecule has 0 N–H and O–H groups in total. The zero-order chi connectivity index (χ0) is 14.3. The quantitative estimate of drug-likeness (QED) is 0.668. The van der Waals surface area contributed by atoms with Crippen LogP contribution < -0.4 is 0 Å². The van der Waals surface area contributed by atoms with E-state index in [0.29, 0.717) is 11.8 Å². The van der Waals surface area contributed by atoms with Crippen molar-refractivity contribution in [3.8, 4) is 0 Å². The van der Waals surface area contributed by atoms with Crippen LogP contribution in [0.2, 0.25) is 0 Å². The van der Waals surface area contributed by atoms with Crippen LogP contribution in [-0.4, -0.2) is 42.6 Å². The van der Waals surface area contributed by atoms with Crippen molar-refractivity contribution in [2.75, 3.05) is 25.7 Å². The minimum atomic E-state index is -3.45. The lowest BCUT2D eigenvalue weighted by molar-refractivity contribution is 0.102. The van der Waals surface area contributed by atoms with E-state index in [-0.39, 0.29) is 25.0 Å². The highest BCUT2D eigenvalue weighted by molar-refractivity contribution is 7.86. The first kappa shape index (κ1) is 15.2. The van der Waals surface area contributed by atoms with Crippen LogP contribution in [0.1, 0.15) is 19.3 Å². The molecule has 0 spiro atoms. The molecule has 0 aromatic carbocycles. The van der Waals surface area contributed by atoms with Gasteiger partial charge in [-0.1, -0.05) is 0 Å². The summed E-state index contributed by atoms with van der Waals surface area (Å²) in [6.45, 7) is 0.273. The second-order valence-electron chi connectivity index (χ2n) is 5.64. The molecule has 8 heteroatoms. The van der Waals surface area contributed by atoms with Crippen LogP contribution in [0.25, 0.3) is 0 Å². The Labute approximate surface area is 114 Å². The van der Waals surface area contributed by atoms with Crippen molar-refractivity contribution < 1.29 is 25.2 Å². The van der Waals surface area contributed by atoms with Crippen molar-refractivity contribution in [3.63, 3.8) is 0 Å². The Balaban J connectivity index is 1.99. The Morgan fingerprint density at radius 1 is 0.842 bits per heavy atom. The molecule has 0 radical (unpaired) electrons. The zero-order valence-corrected chi connectivity index (χ0v) is 12.7. The van der Waals surface area contributed by atoms with E-state index in [4.69, 9.17) is 8.37 Å². The fourth-order valence-electron chi connectivity index (χ4n) is 3.45. The first-order chi connectivity index (χ1) is 8.66. The van der Waals surface area contributed by atoms with E-state index in [1.807, 2.05) is 0 Å². The van der Waals surface area contributed by atoms with Gasteiger partial charge in [-0.15, -0.1) is 0 Å². The fraction of sp³-hybridized carbons (Fsp3) is 1.00. The average molecular weight is 312 g/mol. The van der Waals surface area contributed by atoms with E-state index >= 15 is 0 Å². The summed E-state index contributed by atoms with van der Waals surface area (Å²) in [5.74, 6) is 1.02. The molecule has 19 heavy (non-hydrogen) atoms. The van der Waals surface area contributed by atoms with Crippen LogP contribution in [0.3, 0.4) is 0 Å². The summed E-state index contributed by atoms with van der Waals surface area (Å²) in [6, 6.07) is 0. The van der Waals surface area contributed by atoms with Crippen molar-refractivity contribution in [3.05, 3.63) is 0 Å². The SMILES string of the molecule is CS(=O)(=O)OC[C@@H]1[C@H]2CC[C@@H](C2)[C@@H]1COS(C)(=O)=O. The molecule has 0 aliphatic heterocycles. The van der Waals surface area contributed by atoms with Gasteiger partial charge in [-0.25, -0.2) is 0 Å². The minimum Gasteiger partial charge on any atom is -0.270 e. The van der Waals surface area contributed by atoms with Crippen molar-refractivity contribution in [2.45, 2.75) is 19.3 Å². The predicted molar refractivity (Wildman–Crippen MR) is 69.4 cm³/mol. The molecule has 2 aliphatic rings. The van der Waals surface area contributed by atoms with Gasteiger partial charge in [-0.05, 0) is 42.9 Å². The topological polar surface area (TPSA) is 86.7 Å². The van der Waals surface area contributed by atoms with Crippen LogP contribution >= 0.6 is 0 Å². The summed E-state index contributed by atoms with van der Waals surface area (Å²) in [5.41, 5.74) is 0. The van der Waals surface area contributed by atoms with Crippen molar-refractivity contribution in [1.82, 2.24) is 0 Å². The molecule has 6 nitrogen and oxygen atoms in total. The zero-order valence-electron chi connectivity index (χ0n) is 11.1. The number of fused-ring (bicyclic) bond motifs is 2. The minimum absolute atomic E-state index is 0.0789. The second-order valence-corrected chi connectivity index (χ2v) is 8.93. The van der Waals surface area contributed by atoms with E-state index < -0.39 is 20.2 Å². The lowest BCUT2D eigenvalue weighted by Crippen LogP contribution is -2.31. The van der Waals surface area contributed by atoms with Gasteiger partial charge in [0.25, 0.3) is 20.2 Å². The average Bonchev–Trinajstić information content (AvgIpc) is 2.81. The Morgan fingerprint density at radius 3 is 1.53 bits per heavy atom. The molecule has 0 aromatic rings. The fourth-order valence-corrected chi connectivity index (χ4v) is 4.26. The lowest BCUT2D eigenvalue weighted by Gasteiger charge is -2.29. The van der Waals surface area contributed by atoms with Gasteiger partial charge in [0.05, 0.1) is 25.7 Å². The van der Waals surface area contributed by atoms with Crippen LogP contribution in [0.5, 0.6) is 0 Å². The summed E-state index contributed by atoms with van der Waals surface area (Å²) in [5, 5.41) is 0. The number of hydrogen-bond acceptors (Lipinski definition) is 6. The van der Waals surface area contributed by atoms with E-state index in [1.54, 1.807) is 0 Å². The molecular weight excluding hydrogens is 292 g/mol. The van der Waals surface area contributed by atoms with Crippen molar-refractivity contribution in [1.29, 1.82) is 0 Å². The highest BCUT2D eigenvalue weighted by Crippen LogP contribution is 2.52. The van der Waals surface area contributed by atoms with Gasteiger partial charge in [0.15, 0.2) is 0 Å². The number of rotatable bonds is 6. The number of hydrogen-bond donors (Lipinski definition) is 0. The lowest BCUT2D eigenvalue weighted by atomic mass is 9.80. The third kappa shape index (κ3) is 4.14. The van der Waals surface area contributed by atoms with Crippen LogP contribution in [0, 0.1) is 23.7 Å². The molecule has 0 saturated heterocycles. The molecule has 0 amide bonds. The third-order valence-corrected chi connectivity index (χ3v) is 5.35. The van der Waals surface area contributed by atoms with Gasteiger partial charge in [0, 0.05) is 0 Å². The summed E-state index contributed by atoms with van der Waals surface area (Å²) in [4.78, 5) is 0. The van der Waals surface area contributed by atoms with E-state index in [1.165, 1.54) is 0 Å². The standard InChI is InChI=1S/C11H20O6S2/c1-18(12,13)16-6-10-8-3-4-9(5-8)11(10)7-17-19(2,14)15/h8-11H,3-7H2,1-2H3/t8-,9-,10-,11+/m0/s1. The summed E-state index contributed by atoms with van der Waals surface area (Å²) in [6.07, 6.45) is 5.22. The van der Waals surface area contributed by atoms with E-state index in [2.05, 4.69) is 0 Å². The van der Waals surface area contributed by atoms with Crippen molar-refractivity contribution >= 4 is 20.2 Å². The second kappa shape index (κ2) is 5.31. The van der Waals surface area contributed by atoms with Gasteiger partial charge in [0.2, 0.25) is 0 Å². The molecule has 2 bridgehead atoms. The maximum absolute atomic E-state index is 11.1. The van der Waals surface area contributed by atoms with Gasteiger partial charge in [-0.2, -0.15) is 16.8 Å². The molecule has 2 fully saturated rings. The summed E-state index contributed by atoms with van der Waals surface area (Å²) < 4.78 is 54.1. The molecule has 2 rings (SSSR count). The normalized spacial score (nSPS) is 34.8. The molecule has 0 unspecified atom stereocenters. The Morgan fingerprint density at radius 2 is 1.21 bits per heavy atom. The molecule has 0 aromatic heterocycles. The third-order valence-electron chi connectivity index (χ3n) is 4.22. The molecule has 2 saturated carbocycles. The first-order valence-corrected chi connectivity index (χ1v) is 9.98. The monoisotopic (exact) mass is 312 g/mol. The molecule has 0 heterocycles. The van der Waals surface area contributed by atoms with Gasteiger partial charge < -0.3 is 0 Å². The van der Waals surface area contributed by atoms with E-state index in [9.17, 15) is 16.8 Å². The highest BCUT2D eigenvalue weighted by Gasteiger charge is 2.48. The molecule has 4 atom stereocenters. The van der Waals surface area contributed by atoms with E-state index in [0.717, 1.165) is 31.8 Å². The Hall–Kier alpha value is -0.180. The maximum atomic E-state index is 11.1. The highest BCUT2D eigenvalue weighted by atomic mass is 32.2. The van der Waals surface area contributed by atoms with Crippen LogP contribution in [0.4, 0.5) is 0 Å². The molecule has 2 aliphatic carbocycles. The van der Waals surface area contributed by atoms with Gasteiger partial charge in [0.1, 0.15) is 0 Å². The van der Waals surface area contributed by atoms with Gasteiger partial charge >= 0.3 is 0 Å². The predicted octanol–water partition coefficient (Wildman–Crippen LogP) is 0.601. The van der Waals surface area contributed by atoms with Crippen LogP contribution in [-0.2, 0) is 28.6 Å².